The first kappa shape index (κ1) is 7.59. The van der Waals surface area contributed by atoms with Gasteiger partial charge in [-0.15, -0.1) is 0 Å². The average Bonchev–Trinajstić information content (AvgIpc) is 2.33. The van der Waals surface area contributed by atoms with Crippen molar-refractivity contribution in [2.24, 2.45) is 0 Å². The molecule has 1 aliphatic rings. The fourth-order valence-corrected chi connectivity index (χ4v) is 1.69. The molecule has 0 radical (unpaired) electrons. The molecule has 0 atom stereocenters. The van der Waals surface area contributed by atoms with Crippen molar-refractivity contribution >= 4 is 5.78 Å². The lowest BCUT2D eigenvalue weighted by Gasteiger charge is -1.91. The molecular formula is C10H12O2. The molecule has 2 heteroatoms. The Hall–Kier alpha value is -1.05. The number of carbonyl (C=O) groups excluding carboxylic acids is 1. The zero-order chi connectivity index (χ0) is 8.55. The molecule has 0 fully saturated rings. The highest BCUT2D eigenvalue weighted by Gasteiger charge is 2.18. The first-order chi connectivity index (χ1) is 5.77. The smallest absolute Gasteiger partial charge is 0.166 e. The quantitative estimate of drug-likeness (QED) is 0.551. The summed E-state index contributed by atoms with van der Waals surface area (Å²) in [4.78, 5) is 11.5. The number of ketones is 1. The Kier molecular flexibility index (Phi) is 1.75. The summed E-state index contributed by atoms with van der Waals surface area (Å²) in [6.45, 7) is 1.89. The topological polar surface area (TPSA) is 30.2 Å². The van der Waals surface area contributed by atoms with Crippen LogP contribution in [0.25, 0.3) is 0 Å². The third-order valence-electron chi connectivity index (χ3n) is 2.29. The second-order valence-corrected chi connectivity index (χ2v) is 3.32. The van der Waals surface area contributed by atoms with E-state index in [1.54, 1.807) is 0 Å². The number of hydrogen-bond acceptors (Lipinski definition) is 2. The van der Waals surface area contributed by atoms with E-state index in [-0.39, 0.29) is 5.78 Å². The predicted octanol–water partition coefficient (Wildman–Crippen LogP) is 2.50. The zero-order valence-corrected chi connectivity index (χ0v) is 7.22. The van der Waals surface area contributed by atoms with Crippen LogP contribution in [0.2, 0.25) is 0 Å². The Bertz CT molecular complexity index is 310. The standard InChI is InChI=1S/C10H12O2/c1-7-6-8-9(11)4-2-3-5-10(8)12-7/h6H,2-5H2,1H3. The lowest BCUT2D eigenvalue weighted by molar-refractivity contribution is 0.0981. The van der Waals surface area contributed by atoms with Crippen LogP contribution in [0.4, 0.5) is 0 Å². The fraction of sp³-hybridized carbons (Fsp3) is 0.500. The third-order valence-corrected chi connectivity index (χ3v) is 2.29. The summed E-state index contributed by atoms with van der Waals surface area (Å²) in [5.41, 5.74) is 0.824. The van der Waals surface area contributed by atoms with Gasteiger partial charge in [0.05, 0.1) is 5.56 Å². The van der Waals surface area contributed by atoms with Crippen LogP contribution in [0.1, 0.15) is 41.1 Å². The Balaban J connectivity index is 2.44. The molecule has 0 bridgehead atoms. The van der Waals surface area contributed by atoms with Crippen LogP contribution >= 0.6 is 0 Å². The summed E-state index contributed by atoms with van der Waals surface area (Å²) in [6.07, 6.45) is 3.69. The second-order valence-electron chi connectivity index (χ2n) is 3.32. The minimum Gasteiger partial charge on any atom is -0.466 e. The number of rotatable bonds is 0. The van der Waals surface area contributed by atoms with Gasteiger partial charge in [0.1, 0.15) is 11.5 Å². The maximum absolute atomic E-state index is 11.5. The molecule has 12 heavy (non-hydrogen) atoms. The number of hydrogen-bond donors (Lipinski definition) is 0. The summed E-state index contributed by atoms with van der Waals surface area (Å²) >= 11 is 0. The van der Waals surface area contributed by atoms with Crippen molar-refractivity contribution < 1.29 is 9.21 Å². The maximum atomic E-state index is 11.5. The lowest BCUT2D eigenvalue weighted by atomic mass is 10.1. The van der Waals surface area contributed by atoms with Crippen LogP contribution in [-0.4, -0.2) is 5.78 Å². The van der Waals surface area contributed by atoms with Crippen molar-refractivity contribution in [1.82, 2.24) is 0 Å². The molecule has 1 heterocycles. The molecule has 0 amide bonds. The normalized spacial score (nSPS) is 17.2. The van der Waals surface area contributed by atoms with Gasteiger partial charge in [-0.05, 0) is 25.8 Å². The number of furan rings is 1. The summed E-state index contributed by atoms with van der Waals surface area (Å²) in [7, 11) is 0. The van der Waals surface area contributed by atoms with Gasteiger partial charge >= 0.3 is 0 Å². The van der Waals surface area contributed by atoms with Gasteiger partial charge in [0, 0.05) is 12.8 Å². The lowest BCUT2D eigenvalue weighted by Crippen LogP contribution is -1.95. The van der Waals surface area contributed by atoms with Crippen LogP contribution in [0.15, 0.2) is 10.5 Å². The van der Waals surface area contributed by atoms with Crippen molar-refractivity contribution in [2.75, 3.05) is 0 Å². The van der Waals surface area contributed by atoms with E-state index >= 15 is 0 Å². The first-order valence-corrected chi connectivity index (χ1v) is 4.40. The predicted molar refractivity (Wildman–Crippen MR) is 45.3 cm³/mol. The van der Waals surface area contributed by atoms with Gasteiger partial charge in [0.15, 0.2) is 5.78 Å². The van der Waals surface area contributed by atoms with Crippen LogP contribution in [-0.2, 0) is 6.42 Å². The molecule has 0 spiro atoms. The number of fused-ring (bicyclic) bond motifs is 1. The van der Waals surface area contributed by atoms with Crippen molar-refractivity contribution in [3.8, 4) is 0 Å². The van der Waals surface area contributed by atoms with E-state index in [0.29, 0.717) is 6.42 Å². The van der Waals surface area contributed by atoms with Gasteiger partial charge in [0.25, 0.3) is 0 Å². The molecule has 64 valence electrons. The molecule has 1 aromatic heterocycles. The molecule has 2 nitrogen and oxygen atoms in total. The zero-order valence-electron chi connectivity index (χ0n) is 7.22. The van der Waals surface area contributed by atoms with Crippen molar-refractivity contribution in [3.05, 3.63) is 23.2 Å². The summed E-state index contributed by atoms with van der Waals surface area (Å²) in [5.74, 6) is 2.00. The van der Waals surface area contributed by atoms with Gasteiger partial charge in [0.2, 0.25) is 0 Å². The summed E-state index contributed by atoms with van der Waals surface area (Å²) in [6, 6.07) is 1.86. The number of aryl methyl sites for hydroxylation is 2. The number of carbonyl (C=O) groups is 1. The van der Waals surface area contributed by atoms with Gasteiger partial charge in [-0.2, -0.15) is 0 Å². The van der Waals surface area contributed by atoms with E-state index in [9.17, 15) is 4.79 Å². The van der Waals surface area contributed by atoms with Gasteiger partial charge in [-0.1, -0.05) is 0 Å². The minimum absolute atomic E-state index is 0.249. The minimum atomic E-state index is 0.249. The van der Waals surface area contributed by atoms with Crippen LogP contribution in [0.3, 0.4) is 0 Å². The molecule has 0 saturated carbocycles. The first-order valence-electron chi connectivity index (χ1n) is 4.40. The van der Waals surface area contributed by atoms with Gasteiger partial charge in [-0.3, -0.25) is 4.79 Å². The second kappa shape index (κ2) is 2.77. The van der Waals surface area contributed by atoms with Crippen LogP contribution in [0.5, 0.6) is 0 Å². The van der Waals surface area contributed by atoms with Crippen LogP contribution < -0.4 is 0 Å². The maximum Gasteiger partial charge on any atom is 0.166 e. The molecule has 0 N–H and O–H groups in total. The Morgan fingerprint density at radius 1 is 1.33 bits per heavy atom. The van der Waals surface area contributed by atoms with E-state index < -0.39 is 0 Å². The monoisotopic (exact) mass is 164 g/mol. The molecule has 0 saturated heterocycles. The highest BCUT2D eigenvalue weighted by atomic mass is 16.3. The molecular weight excluding hydrogens is 152 g/mol. The molecule has 0 unspecified atom stereocenters. The van der Waals surface area contributed by atoms with E-state index in [0.717, 1.165) is 36.3 Å². The largest absolute Gasteiger partial charge is 0.466 e. The van der Waals surface area contributed by atoms with Crippen molar-refractivity contribution in [3.63, 3.8) is 0 Å². The van der Waals surface area contributed by atoms with Gasteiger partial charge < -0.3 is 4.42 Å². The highest BCUT2D eigenvalue weighted by Crippen LogP contribution is 2.23. The summed E-state index contributed by atoms with van der Waals surface area (Å²) < 4.78 is 5.44. The van der Waals surface area contributed by atoms with E-state index in [4.69, 9.17) is 4.42 Å². The molecule has 1 aromatic rings. The van der Waals surface area contributed by atoms with Crippen molar-refractivity contribution in [2.45, 2.75) is 32.6 Å². The van der Waals surface area contributed by atoms with Crippen molar-refractivity contribution in [1.29, 1.82) is 0 Å². The molecule has 0 aliphatic heterocycles. The molecule has 2 rings (SSSR count). The highest BCUT2D eigenvalue weighted by molar-refractivity contribution is 5.97. The Morgan fingerprint density at radius 2 is 2.08 bits per heavy atom. The Labute approximate surface area is 71.6 Å². The molecule has 0 aromatic carbocycles. The van der Waals surface area contributed by atoms with E-state index in [1.807, 2.05) is 13.0 Å². The molecule has 1 aliphatic carbocycles. The fourth-order valence-electron chi connectivity index (χ4n) is 1.69. The van der Waals surface area contributed by atoms with Gasteiger partial charge in [-0.25, -0.2) is 0 Å². The third kappa shape index (κ3) is 1.17. The number of Topliss-reactive ketones (excluding diaryl/α,β-unsaturated/α-hetero) is 1. The van der Waals surface area contributed by atoms with E-state index in [1.165, 1.54) is 0 Å². The van der Waals surface area contributed by atoms with E-state index in [2.05, 4.69) is 0 Å². The summed E-state index contributed by atoms with van der Waals surface area (Å²) in [5, 5.41) is 0. The SMILES string of the molecule is Cc1cc2c(o1)CCCCC2=O. The average molecular weight is 164 g/mol. The van der Waals surface area contributed by atoms with Crippen LogP contribution in [0, 0.1) is 6.92 Å². The Morgan fingerprint density at radius 3 is 2.92 bits per heavy atom.